The summed E-state index contributed by atoms with van der Waals surface area (Å²) >= 11 is 1.29. The first-order valence-corrected chi connectivity index (χ1v) is 9.28. The number of benzene rings is 1. The highest BCUT2D eigenvalue weighted by molar-refractivity contribution is 7.98. The van der Waals surface area contributed by atoms with Gasteiger partial charge in [-0.1, -0.05) is 23.9 Å². The van der Waals surface area contributed by atoms with Crippen LogP contribution in [0.2, 0.25) is 0 Å². The Hall–Kier alpha value is -2.79. The lowest BCUT2D eigenvalue weighted by Crippen LogP contribution is -2.14. The second kappa shape index (κ2) is 9.63. The Labute approximate surface area is 155 Å². The highest BCUT2D eigenvalue weighted by Crippen LogP contribution is 2.25. The van der Waals surface area contributed by atoms with Gasteiger partial charge in [0.2, 0.25) is 0 Å². The summed E-state index contributed by atoms with van der Waals surface area (Å²) in [5, 5.41) is 9.71. The van der Waals surface area contributed by atoms with Gasteiger partial charge >= 0.3 is 5.97 Å². The molecule has 0 aliphatic heterocycles. The molecule has 0 spiro atoms. The lowest BCUT2D eigenvalue weighted by Gasteiger charge is -2.09. The van der Waals surface area contributed by atoms with Gasteiger partial charge in [0.1, 0.15) is 17.4 Å². The van der Waals surface area contributed by atoms with Crippen LogP contribution in [0.5, 0.6) is 5.75 Å². The summed E-state index contributed by atoms with van der Waals surface area (Å²) < 4.78 is 10.5. The molecule has 0 aliphatic rings. The summed E-state index contributed by atoms with van der Waals surface area (Å²) in [7, 11) is 0. The summed E-state index contributed by atoms with van der Waals surface area (Å²) in [6.07, 6.45) is 2.61. The van der Waals surface area contributed by atoms with Crippen LogP contribution in [0, 0.1) is 11.3 Å². The molecule has 0 bridgehead atoms. The molecule has 0 saturated carbocycles. The molecule has 0 atom stereocenters. The van der Waals surface area contributed by atoms with Gasteiger partial charge in [0.05, 0.1) is 18.9 Å². The molecule has 0 fully saturated rings. The van der Waals surface area contributed by atoms with Crippen LogP contribution in [-0.2, 0) is 9.53 Å². The van der Waals surface area contributed by atoms with Crippen LogP contribution in [-0.4, -0.2) is 35.4 Å². The Balaban J connectivity index is 2.15. The van der Waals surface area contributed by atoms with E-state index < -0.39 is 5.56 Å². The van der Waals surface area contributed by atoms with Crippen molar-refractivity contribution in [3.05, 3.63) is 40.2 Å². The van der Waals surface area contributed by atoms with Gasteiger partial charge in [-0.2, -0.15) is 5.26 Å². The van der Waals surface area contributed by atoms with Crippen LogP contribution in [0.25, 0.3) is 11.3 Å². The van der Waals surface area contributed by atoms with Crippen molar-refractivity contribution in [1.29, 1.82) is 5.26 Å². The topological polar surface area (TPSA) is 105 Å². The molecule has 8 heteroatoms. The molecule has 2 aromatic rings. The third-order valence-corrected chi connectivity index (χ3v) is 3.99. The maximum absolute atomic E-state index is 12.0. The van der Waals surface area contributed by atoms with E-state index in [0.29, 0.717) is 48.2 Å². The van der Waals surface area contributed by atoms with Crippen molar-refractivity contribution in [2.45, 2.75) is 24.9 Å². The highest BCUT2D eigenvalue weighted by Gasteiger charge is 2.13. The Kier molecular flexibility index (Phi) is 7.24. The Morgan fingerprint density at radius 2 is 2.23 bits per heavy atom. The average molecular weight is 373 g/mol. The Morgan fingerprint density at radius 1 is 1.42 bits per heavy atom. The first kappa shape index (κ1) is 19.5. The highest BCUT2D eigenvalue weighted by atomic mass is 32.2. The van der Waals surface area contributed by atoms with E-state index in [1.807, 2.05) is 6.07 Å². The fourth-order valence-corrected chi connectivity index (χ4v) is 2.61. The minimum absolute atomic E-state index is 0.0396. The average Bonchev–Trinajstić information content (AvgIpc) is 2.65. The lowest BCUT2D eigenvalue weighted by atomic mass is 10.1. The van der Waals surface area contributed by atoms with E-state index in [4.69, 9.17) is 9.47 Å². The van der Waals surface area contributed by atoms with Crippen molar-refractivity contribution >= 4 is 17.7 Å². The van der Waals surface area contributed by atoms with Gasteiger partial charge in [-0.05, 0) is 31.7 Å². The first-order chi connectivity index (χ1) is 12.6. The SMILES string of the molecule is CCOC(=O)CCCOc1cccc(-c2nc(SC)[nH]c(=O)c2C#N)c1. The van der Waals surface area contributed by atoms with Crippen LogP contribution >= 0.6 is 11.8 Å². The zero-order valence-corrected chi connectivity index (χ0v) is 15.4. The smallest absolute Gasteiger partial charge is 0.305 e. The number of hydrogen-bond donors (Lipinski definition) is 1. The number of thioether (sulfide) groups is 1. The second-order valence-electron chi connectivity index (χ2n) is 5.20. The zero-order valence-electron chi connectivity index (χ0n) is 14.6. The van der Waals surface area contributed by atoms with E-state index in [-0.39, 0.29) is 11.5 Å². The Bertz CT molecular complexity index is 873. The van der Waals surface area contributed by atoms with Gasteiger partial charge < -0.3 is 14.5 Å². The number of aromatic amines is 1. The van der Waals surface area contributed by atoms with E-state index in [0.717, 1.165) is 0 Å². The predicted molar refractivity (Wildman–Crippen MR) is 98.2 cm³/mol. The third kappa shape index (κ3) is 5.10. The largest absolute Gasteiger partial charge is 0.494 e. The van der Waals surface area contributed by atoms with E-state index >= 15 is 0 Å². The number of rotatable bonds is 8. The molecule has 0 aliphatic carbocycles. The Morgan fingerprint density at radius 3 is 2.92 bits per heavy atom. The molecule has 2 rings (SSSR count). The van der Waals surface area contributed by atoms with E-state index in [2.05, 4.69) is 9.97 Å². The summed E-state index contributed by atoms with van der Waals surface area (Å²) in [4.78, 5) is 30.2. The first-order valence-electron chi connectivity index (χ1n) is 8.06. The molecular formula is C18H19N3O4S. The number of carbonyl (C=O) groups is 1. The number of H-pyrrole nitrogens is 1. The van der Waals surface area contributed by atoms with Crippen molar-refractivity contribution < 1.29 is 14.3 Å². The molecule has 1 N–H and O–H groups in total. The summed E-state index contributed by atoms with van der Waals surface area (Å²) in [5.74, 6) is 0.323. The minimum atomic E-state index is -0.470. The second-order valence-corrected chi connectivity index (χ2v) is 5.99. The van der Waals surface area contributed by atoms with Crippen LogP contribution in [0.1, 0.15) is 25.3 Å². The maximum Gasteiger partial charge on any atom is 0.305 e. The van der Waals surface area contributed by atoms with Crippen molar-refractivity contribution in [3.8, 4) is 23.1 Å². The number of hydrogen-bond acceptors (Lipinski definition) is 7. The van der Waals surface area contributed by atoms with Gasteiger partial charge in [-0.3, -0.25) is 9.59 Å². The zero-order chi connectivity index (χ0) is 18.9. The van der Waals surface area contributed by atoms with E-state index in [9.17, 15) is 14.9 Å². The monoisotopic (exact) mass is 373 g/mol. The number of ether oxygens (including phenoxy) is 2. The molecule has 1 aromatic carbocycles. The van der Waals surface area contributed by atoms with E-state index in [1.165, 1.54) is 11.8 Å². The molecule has 1 heterocycles. The number of carbonyl (C=O) groups excluding carboxylic acids is 1. The normalized spacial score (nSPS) is 10.2. The molecule has 136 valence electrons. The van der Waals surface area contributed by atoms with Gasteiger partial charge in [-0.25, -0.2) is 4.98 Å². The number of nitrogens with one attached hydrogen (secondary N) is 1. The van der Waals surface area contributed by atoms with Crippen LogP contribution in [0.3, 0.4) is 0 Å². The lowest BCUT2D eigenvalue weighted by molar-refractivity contribution is -0.143. The standard InChI is InChI=1S/C18H19N3O4S/c1-3-24-15(22)8-5-9-25-13-7-4-6-12(10-13)16-14(11-19)17(23)21-18(20-16)26-2/h4,6-7,10H,3,5,8-9H2,1-2H3,(H,20,21,23). The minimum Gasteiger partial charge on any atom is -0.494 e. The summed E-state index contributed by atoms with van der Waals surface area (Å²) in [5.41, 5.74) is 0.424. The molecule has 0 unspecified atom stereocenters. The summed E-state index contributed by atoms with van der Waals surface area (Å²) in [6, 6.07) is 8.91. The van der Waals surface area contributed by atoms with Crippen molar-refractivity contribution in [1.82, 2.24) is 9.97 Å². The molecule has 0 radical (unpaired) electrons. The number of nitriles is 1. The van der Waals surface area contributed by atoms with Crippen LogP contribution < -0.4 is 10.3 Å². The molecule has 0 amide bonds. The molecule has 7 nitrogen and oxygen atoms in total. The van der Waals surface area contributed by atoms with Crippen molar-refractivity contribution in [2.24, 2.45) is 0 Å². The molecule has 1 aromatic heterocycles. The predicted octanol–water partition coefficient (Wildman–Crippen LogP) is 2.75. The van der Waals surface area contributed by atoms with E-state index in [1.54, 1.807) is 37.4 Å². The third-order valence-electron chi connectivity index (χ3n) is 3.41. The maximum atomic E-state index is 12.0. The fourth-order valence-electron chi connectivity index (χ4n) is 2.23. The molecule has 26 heavy (non-hydrogen) atoms. The van der Waals surface area contributed by atoms with Crippen LogP contribution in [0.4, 0.5) is 0 Å². The number of nitrogens with zero attached hydrogens (tertiary/aromatic N) is 2. The summed E-state index contributed by atoms with van der Waals surface area (Å²) in [6.45, 7) is 2.48. The van der Waals surface area contributed by atoms with Gasteiger partial charge in [-0.15, -0.1) is 0 Å². The van der Waals surface area contributed by atoms with Gasteiger partial charge in [0, 0.05) is 12.0 Å². The van der Waals surface area contributed by atoms with Crippen LogP contribution in [0.15, 0.2) is 34.2 Å². The van der Waals surface area contributed by atoms with Crippen molar-refractivity contribution in [2.75, 3.05) is 19.5 Å². The van der Waals surface area contributed by atoms with Gasteiger partial charge in [0.25, 0.3) is 5.56 Å². The molecule has 0 saturated heterocycles. The fraction of sp³-hybridized carbons (Fsp3) is 0.333. The van der Waals surface area contributed by atoms with Crippen molar-refractivity contribution in [3.63, 3.8) is 0 Å². The van der Waals surface area contributed by atoms with Gasteiger partial charge in [0.15, 0.2) is 5.16 Å². The molecular weight excluding hydrogens is 354 g/mol. The number of esters is 1. The quantitative estimate of drug-likeness (QED) is 0.328. The number of aromatic nitrogens is 2.